The van der Waals surface area contributed by atoms with Gasteiger partial charge in [0, 0.05) is 5.92 Å². The van der Waals surface area contributed by atoms with Crippen LogP contribution in [0, 0.1) is 18.3 Å². The van der Waals surface area contributed by atoms with Crippen molar-refractivity contribution >= 4 is 17.7 Å². The van der Waals surface area contributed by atoms with Gasteiger partial charge in [0.2, 0.25) is 0 Å². The van der Waals surface area contributed by atoms with Gasteiger partial charge in [0.1, 0.15) is 16.4 Å². The van der Waals surface area contributed by atoms with Crippen molar-refractivity contribution in [2.24, 2.45) is 0 Å². The van der Waals surface area contributed by atoms with E-state index in [1.54, 1.807) is 6.92 Å². The van der Waals surface area contributed by atoms with Crippen LogP contribution in [0.1, 0.15) is 41.6 Å². The van der Waals surface area contributed by atoms with Crippen LogP contribution in [-0.4, -0.2) is 26.8 Å². The lowest BCUT2D eigenvalue weighted by molar-refractivity contribution is 0.0690. The van der Waals surface area contributed by atoms with Crippen LogP contribution in [0.25, 0.3) is 0 Å². The van der Waals surface area contributed by atoms with Gasteiger partial charge in [-0.25, -0.2) is 14.8 Å². The fourth-order valence-corrected chi connectivity index (χ4v) is 2.02. The Morgan fingerprint density at radius 3 is 2.65 bits per heavy atom. The summed E-state index contributed by atoms with van der Waals surface area (Å²) < 4.78 is 0. The molecule has 1 aromatic rings. The maximum atomic E-state index is 11.1. The lowest BCUT2D eigenvalue weighted by Crippen LogP contribution is -2.10. The van der Waals surface area contributed by atoms with E-state index in [-0.39, 0.29) is 17.2 Å². The summed E-state index contributed by atoms with van der Waals surface area (Å²) >= 11 is 1.13. The molecule has 0 aliphatic heterocycles. The monoisotopic (exact) mass is 251 g/mol. The number of carboxylic acid groups (broad SMARTS) is 1. The average molecular weight is 251 g/mol. The zero-order chi connectivity index (χ0) is 13.0. The molecular weight excluding hydrogens is 238 g/mol. The Labute approximate surface area is 104 Å². The van der Waals surface area contributed by atoms with Crippen molar-refractivity contribution in [1.82, 2.24) is 9.97 Å². The van der Waals surface area contributed by atoms with Gasteiger partial charge >= 0.3 is 5.97 Å². The van der Waals surface area contributed by atoms with Gasteiger partial charge in [-0.1, -0.05) is 25.6 Å². The zero-order valence-corrected chi connectivity index (χ0v) is 10.7. The normalized spacial score (nSPS) is 10.3. The predicted octanol–water partition coefficient (Wildman–Crippen LogP) is 2.22. The number of carboxylic acids is 1. The number of nitrogens with zero attached hydrogens (tertiary/aromatic N) is 3. The molecule has 0 amide bonds. The van der Waals surface area contributed by atoms with Gasteiger partial charge in [0.05, 0.1) is 17.5 Å². The molecule has 0 atom stereocenters. The highest BCUT2D eigenvalue weighted by atomic mass is 32.2. The molecule has 0 aliphatic carbocycles. The van der Waals surface area contributed by atoms with E-state index in [0.717, 1.165) is 11.8 Å². The van der Waals surface area contributed by atoms with Crippen LogP contribution in [0.5, 0.6) is 0 Å². The van der Waals surface area contributed by atoms with Crippen molar-refractivity contribution in [1.29, 1.82) is 5.26 Å². The number of hydrogen-bond donors (Lipinski definition) is 1. The van der Waals surface area contributed by atoms with Gasteiger partial charge in [-0.05, 0) is 6.92 Å². The first-order valence-electron chi connectivity index (χ1n) is 5.09. The van der Waals surface area contributed by atoms with E-state index in [2.05, 4.69) is 9.97 Å². The maximum Gasteiger partial charge on any atom is 0.340 e. The quantitative estimate of drug-likeness (QED) is 0.652. The third-order valence-electron chi connectivity index (χ3n) is 2.08. The van der Waals surface area contributed by atoms with E-state index in [1.165, 1.54) is 0 Å². The minimum Gasteiger partial charge on any atom is -0.478 e. The highest BCUT2D eigenvalue weighted by molar-refractivity contribution is 7.99. The zero-order valence-electron chi connectivity index (χ0n) is 9.89. The lowest BCUT2D eigenvalue weighted by Gasteiger charge is -2.10. The van der Waals surface area contributed by atoms with Gasteiger partial charge < -0.3 is 5.11 Å². The van der Waals surface area contributed by atoms with Crippen molar-refractivity contribution in [3.05, 3.63) is 17.1 Å². The first-order chi connectivity index (χ1) is 7.97. The van der Waals surface area contributed by atoms with E-state index in [9.17, 15) is 4.79 Å². The van der Waals surface area contributed by atoms with E-state index in [4.69, 9.17) is 10.4 Å². The van der Waals surface area contributed by atoms with E-state index in [1.807, 2.05) is 19.9 Å². The Balaban J connectivity index is 3.29. The van der Waals surface area contributed by atoms with Crippen LogP contribution in [0.15, 0.2) is 5.03 Å². The third kappa shape index (κ3) is 3.17. The number of carbonyl (C=O) groups is 1. The molecule has 0 aliphatic rings. The van der Waals surface area contributed by atoms with E-state index < -0.39 is 5.97 Å². The largest absolute Gasteiger partial charge is 0.478 e. The molecule has 0 saturated carbocycles. The molecule has 1 aromatic heterocycles. The van der Waals surface area contributed by atoms with Crippen molar-refractivity contribution in [3.63, 3.8) is 0 Å². The molecular formula is C11H13N3O2S. The number of thioether (sulfide) groups is 1. The van der Waals surface area contributed by atoms with Crippen molar-refractivity contribution < 1.29 is 9.90 Å². The second kappa shape index (κ2) is 5.64. The molecule has 0 spiro atoms. The number of hydrogen-bond acceptors (Lipinski definition) is 5. The molecule has 1 rings (SSSR count). The third-order valence-corrected chi connectivity index (χ3v) is 2.92. The number of nitriles is 1. The average Bonchev–Trinajstić information content (AvgIpc) is 2.24. The molecule has 90 valence electrons. The van der Waals surface area contributed by atoms with E-state index >= 15 is 0 Å². The number of aryl methyl sites for hydroxylation is 1. The summed E-state index contributed by atoms with van der Waals surface area (Å²) in [6, 6.07) is 1.96. The van der Waals surface area contributed by atoms with Crippen LogP contribution in [0.4, 0.5) is 0 Å². The van der Waals surface area contributed by atoms with Crippen LogP contribution in [0.2, 0.25) is 0 Å². The smallest absolute Gasteiger partial charge is 0.340 e. The van der Waals surface area contributed by atoms with Gasteiger partial charge in [-0.15, -0.1) is 0 Å². The fraction of sp³-hybridized carbons (Fsp3) is 0.455. The predicted molar refractivity (Wildman–Crippen MR) is 64.2 cm³/mol. The Morgan fingerprint density at radius 2 is 2.18 bits per heavy atom. The fourth-order valence-electron chi connectivity index (χ4n) is 1.28. The second-order valence-corrected chi connectivity index (χ2v) is 4.72. The van der Waals surface area contributed by atoms with Crippen LogP contribution < -0.4 is 0 Å². The Bertz CT molecular complexity index is 480. The van der Waals surface area contributed by atoms with Crippen LogP contribution in [-0.2, 0) is 0 Å². The molecule has 1 N–H and O–H groups in total. The number of aromatic carboxylic acids is 1. The number of rotatable bonds is 4. The summed E-state index contributed by atoms with van der Waals surface area (Å²) in [6.07, 6.45) is 0. The van der Waals surface area contributed by atoms with Crippen LogP contribution in [0.3, 0.4) is 0 Å². The Kier molecular flexibility index (Phi) is 4.46. The molecule has 0 bridgehead atoms. The van der Waals surface area contributed by atoms with Crippen molar-refractivity contribution in [2.45, 2.75) is 31.7 Å². The van der Waals surface area contributed by atoms with Gasteiger partial charge in [0.15, 0.2) is 0 Å². The molecule has 0 unspecified atom stereocenters. The van der Waals surface area contributed by atoms with Gasteiger partial charge in [-0.2, -0.15) is 5.26 Å². The minimum absolute atomic E-state index is 0.0923. The Morgan fingerprint density at radius 1 is 1.53 bits per heavy atom. The minimum atomic E-state index is -1.06. The molecule has 5 nitrogen and oxygen atoms in total. The molecule has 17 heavy (non-hydrogen) atoms. The van der Waals surface area contributed by atoms with Crippen LogP contribution >= 0.6 is 11.8 Å². The van der Waals surface area contributed by atoms with Gasteiger partial charge in [0.25, 0.3) is 0 Å². The second-order valence-electron chi connectivity index (χ2n) is 3.75. The first kappa shape index (κ1) is 13.5. The summed E-state index contributed by atoms with van der Waals surface area (Å²) in [5.41, 5.74) is 0.534. The first-order valence-corrected chi connectivity index (χ1v) is 6.07. The highest BCUT2D eigenvalue weighted by Crippen LogP contribution is 2.24. The summed E-state index contributed by atoms with van der Waals surface area (Å²) in [5.74, 6) is -0.155. The summed E-state index contributed by atoms with van der Waals surface area (Å²) in [4.78, 5) is 19.5. The SMILES string of the molecule is Cc1nc(C(C)C)nc(SCC#N)c1C(=O)O. The molecule has 0 fully saturated rings. The van der Waals surface area contributed by atoms with Crippen molar-refractivity contribution in [3.8, 4) is 6.07 Å². The molecule has 1 heterocycles. The number of aromatic nitrogens is 2. The molecule has 0 radical (unpaired) electrons. The molecule has 0 aromatic carbocycles. The summed E-state index contributed by atoms with van der Waals surface area (Å²) in [7, 11) is 0. The topological polar surface area (TPSA) is 86.9 Å². The van der Waals surface area contributed by atoms with Gasteiger partial charge in [-0.3, -0.25) is 0 Å². The summed E-state index contributed by atoms with van der Waals surface area (Å²) in [6.45, 7) is 5.52. The standard InChI is InChI=1S/C11H13N3O2S/c1-6(2)9-13-7(3)8(11(15)16)10(14-9)17-5-4-12/h6H,5H2,1-3H3,(H,15,16). The van der Waals surface area contributed by atoms with Crippen molar-refractivity contribution in [2.75, 3.05) is 5.75 Å². The Hall–Kier alpha value is -1.61. The lowest BCUT2D eigenvalue weighted by atomic mass is 10.2. The maximum absolute atomic E-state index is 11.1. The highest BCUT2D eigenvalue weighted by Gasteiger charge is 2.19. The summed E-state index contributed by atoms with van der Waals surface area (Å²) in [5, 5.41) is 18.0. The molecule has 0 saturated heterocycles. The molecule has 6 heteroatoms. The van der Waals surface area contributed by atoms with E-state index in [0.29, 0.717) is 16.5 Å².